The van der Waals surface area contributed by atoms with Crippen LogP contribution < -0.4 is 4.90 Å². The summed E-state index contributed by atoms with van der Waals surface area (Å²) in [4.78, 5) is 23.5. The fourth-order valence-electron chi connectivity index (χ4n) is 3.02. The van der Waals surface area contributed by atoms with Gasteiger partial charge in [0.1, 0.15) is 0 Å². The summed E-state index contributed by atoms with van der Waals surface area (Å²) in [6, 6.07) is 6.46. The second kappa shape index (κ2) is 11.1. The number of aromatic nitrogens is 2. The molecule has 7 heteroatoms. The molecule has 0 aliphatic rings. The number of halogens is 2. The molecule has 0 radical (unpaired) electrons. The average molecular weight is 508 g/mol. The molecule has 0 spiro atoms. The molecule has 2 rings (SSSR count). The molecule has 0 bridgehead atoms. The van der Waals surface area contributed by atoms with Gasteiger partial charge in [0.25, 0.3) is 0 Å². The molecule has 0 aliphatic heterocycles. The number of carbonyl (C=O) groups is 1. The molecular formula is C20H31ClIN3O2. The number of aryl methyl sites for hydroxylation is 2. The van der Waals surface area contributed by atoms with Gasteiger partial charge in [-0.3, -0.25) is 4.79 Å². The zero-order valence-electron chi connectivity index (χ0n) is 16.8. The number of esters is 1. The Labute approximate surface area is 174 Å². The van der Waals surface area contributed by atoms with Crippen LogP contribution in [0.2, 0.25) is 0 Å². The van der Waals surface area contributed by atoms with Gasteiger partial charge < -0.3 is 4.74 Å². The monoisotopic (exact) mass is 507 g/mol. The third-order valence-corrected chi connectivity index (χ3v) is 7.30. The minimum atomic E-state index is -0.759. The van der Waals surface area contributed by atoms with Crippen molar-refractivity contribution in [2.45, 2.75) is 26.2 Å². The zero-order chi connectivity index (χ0) is 19.8. The molecule has 0 aliphatic carbocycles. The van der Waals surface area contributed by atoms with Crippen molar-refractivity contribution in [1.29, 1.82) is 0 Å². The Balaban J connectivity index is 2.13. The number of benzene rings is 1. The summed E-state index contributed by atoms with van der Waals surface area (Å²) in [5, 5.41) is 0. The van der Waals surface area contributed by atoms with Gasteiger partial charge in [-0.05, 0) is 6.92 Å². The standard InChI is InChI=1S/C20H31ClIN3O2/c1-5-27-20(26)8-6-7-19-23-17-10-9-16(15-18(17)24(19)4)25(13-11-21)14-12-22(2)3/h9-10,15H,5-8,11-14H2,1-4H3. The van der Waals surface area contributed by atoms with Crippen molar-refractivity contribution >= 4 is 54.1 Å². The minimum absolute atomic E-state index is 0.135. The third-order valence-electron chi connectivity index (χ3n) is 4.50. The first-order valence-electron chi connectivity index (χ1n) is 9.34. The van der Waals surface area contributed by atoms with Gasteiger partial charge in [0.05, 0.1) is 6.61 Å². The molecular weight excluding hydrogens is 477 g/mol. The molecule has 152 valence electrons. The van der Waals surface area contributed by atoms with E-state index in [1.165, 1.54) is 10.1 Å². The van der Waals surface area contributed by atoms with E-state index in [2.05, 4.69) is 37.5 Å². The summed E-state index contributed by atoms with van der Waals surface area (Å²) in [5.74, 6) is 1.50. The Morgan fingerprint density at radius 1 is 1.33 bits per heavy atom. The van der Waals surface area contributed by atoms with Crippen molar-refractivity contribution in [3.8, 4) is 0 Å². The van der Waals surface area contributed by atoms with E-state index in [0.29, 0.717) is 18.9 Å². The van der Waals surface area contributed by atoms with Crippen LogP contribution in [-0.4, -0.2) is 55.4 Å². The summed E-state index contributed by atoms with van der Waals surface area (Å²) >= 11 is 5.28. The predicted molar refractivity (Wildman–Crippen MR) is 124 cm³/mol. The van der Waals surface area contributed by atoms with Gasteiger partial charge in [0, 0.05) is 0 Å². The number of rotatable bonds is 11. The Morgan fingerprint density at radius 3 is 2.78 bits per heavy atom. The van der Waals surface area contributed by atoms with Gasteiger partial charge in [-0.2, -0.15) is 0 Å². The number of alkyl halides is 4. The number of hydrogen-bond acceptors (Lipinski definition) is 4. The fourth-order valence-corrected chi connectivity index (χ4v) is 4.77. The van der Waals surface area contributed by atoms with Crippen molar-refractivity contribution in [2.75, 3.05) is 44.8 Å². The third kappa shape index (κ3) is 6.52. The predicted octanol–water partition coefficient (Wildman–Crippen LogP) is 4.27. The first-order valence-corrected chi connectivity index (χ1v) is 15.7. The van der Waals surface area contributed by atoms with Crippen LogP contribution in [0.5, 0.6) is 0 Å². The van der Waals surface area contributed by atoms with Crippen LogP contribution in [0.3, 0.4) is 0 Å². The van der Waals surface area contributed by atoms with E-state index in [1.54, 1.807) is 0 Å². The quantitative estimate of drug-likeness (QED) is 0.259. The van der Waals surface area contributed by atoms with Crippen molar-refractivity contribution in [1.82, 2.24) is 9.55 Å². The normalized spacial score (nSPS) is 11.7. The number of anilines is 1. The van der Waals surface area contributed by atoms with Crippen LogP contribution in [-0.2, 0) is 23.0 Å². The van der Waals surface area contributed by atoms with Gasteiger partial charge in [0.2, 0.25) is 0 Å². The van der Waals surface area contributed by atoms with E-state index in [9.17, 15) is 4.79 Å². The van der Waals surface area contributed by atoms with E-state index < -0.39 is 19.8 Å². The van der Waals surface area contributed by atoms with Crippen LogP contribution in [0.15, 0.2) is 18.2 Å². The van der Waals surface area contributed by atoms with Gasteiger partial charge >= 0.3 is 152 Å². The molecule has 0 atom stereocenters. The van der Waals surface area contributed by atoms with Crippen LogP contribution in [0.1, 0.15) is 25.6 Å². The number of ether oxygens (including phenoxy) is 1. The number of hydrogen-bond donors (Lipinski definition) is 0. The SMILES string of the molecule is CCOC(=O)CCCc1nc2ccc(N(CCCl)CCI(C)C)cc2n1C. The first kappa shape index (κ1) is 22.3. The van der Waals surface area contributed by atoms with Crippen LogP contribution in [0.25, 0.3) is 11.0 Å². The zero-order valence-corrected chi connectivity index (χ0v) is 19.7. The van der Waals surface area contributed by atoms with E-state index in [-0.39, 0.29) is 5.97 Å². The van der Waals surface area contributed by atoms with Crippen LogP contribution >= 0.6 is 31.4 Å². The molecule has 1 aromatic carbocycles. The molecule has 27 heavy (non-hydrogen) atoms. The van der Waals surface area contributed by atoms with Crippen LogP contribution in [0.4, 0.5) is 5.69 Å². The molecule has 5 nitrogen and oxygen atoms in total. The number of carbonyl (C=O) groups excluding carboxylic acids is 1. The summed E-state index contributed by atoms with van der Waals surface area (Å²) in [5.41, 5.74) is 3.33. The summed E-state index contributed by atoms with van der Waals surface area (Å²) < 4.78 is 8.43. The van der Waals surface area contributed by atoms with E-state index in [4.69, 9.17) is 21.3 Å². The Kier molecular flexibility index (Phi) is 9.15. The molecule has 0 saturated heterocycles. The maximum atomic E-state index is 11.5. The summed E-state index contributed by atoms with van der Waals surface area (Å²) in [6.45, 7) is 4.20. The van der Waals surface area contributed by atoms with Crippen LogP contribution in [0, 0.1) is 0 Å². The van der Waals surface area contributed by atoms with Gasteiger partial charge in [-0.1, -0.05) is 0 Å². The Hall–Kier alpha value is -1.02. The Morgan fingerprint density at radius 2 is 2.11 bits per heavy atom. The molecule has 2 aromatic rings. The van der Waals surface area contributed by atoms with E-state index in [1.807, 2.05) is 14.0 Å². The molecule has 0 saturated carbocycles. The summed E-state index contributed by atoms with van der Waals surface area (Å²) in [6.07, 6.45) is 1.95. The van der Waals surface area contributed by atoms with Crippen molar-refractivity contribution in [3.05, 3.63) is 24.0 Å². The van der Waals surface area contributed by atoms with Gasteiger partial charge in [-0.15, -0.1) is 0 Å². The molecule has 0 unspecified atom stereocenters. The number of fused-ring (bicyclic) bond motifs is 1. The molecule has 0 fully saturated rings. The molecule has 0 amide bonds. The molecule has 1 aromatic heterocycles. The second-order valence-corrected chi connectivity index (χ2v) is 13.4. The summed E-state index contributed by atoms with van der Waals surface area (Å²) in [7, 11) is 2.05. The van der Waals surface area contributed by atoms with Crippen molar-refractivity contribution < 1.29 is 9.53 Å². The number of nitrogens with zero attached hydrogens (tertiary/aromatic N) is 3. The van der Waals surface area contributed by atoms with E-state index in [0.717, 1.165) is 42.8 Å². The van der Waals surface area contributed by atoms with E-state index >= 15 is 0 Å². The molecule has 0 N–H and O–H groups in total. The van der Waals surface area contributed by atoms with Crippen molar-refractivity contribution in [2.24, 2.45) is 7.05 Å². The average Bonchev–Trinajstić information content (AvgIpc) is 2.94. The maximum absolute atomic E-state index is 11.5. The molecule has 1 heterocycles. The van der Waals surface area contributed by atoms with Gasteiger partial charge in [-0.25, -0.2) is 0 Å². The number of imidazole rings is 1. The Bertz CT molecular complexity index is 748. The fraction of sp³-hybridized carbons (Fsp3) is 0.600. The van der Waals surface area contributed by atoms with Crippen molar-refractivity contribution in [3.63, 3.8) is 0 Å². The second-order valence-electron chi connectivity index (χ2n) is 6.70. The van der Waals surface area contributed by atoms with Gasteiger partial charge in [0.15, 0.2) is 0 Å². The topological polar surface area (TPSA) is 47.4 Å². The first-order chi connectivity index (χ1) is 13.0.